The lowest BCUT2D eigenvalue weighted by Crippen LogP contribution is -2.23. The van der Waals surface area contributed by atoms with Gasteiger partial charge in [0.05, 0.1) is 18.4 Å². The number of rotatable bonds is 4. The molecule has 1 aromatic carbocycles. The lowest BCUT2D eigenvalue weighted by atomic mass is 10.1. The quantitative estimate of drug-likeness (QED) is 0.825. The third-order valence-corrected chi connectivity index (χ3v) is 2.71. The number of carbonyl (C=O) groups is 1. The van der Waals surface area contributed by atoms with Crippen molar-refractivity contribution < 1.29 is 9.21 Å². The monoisotopic (exact) mass is 259 g/mol. The summed E-state index contributed by atoms with van der Waals surface area (Å²) in [5, 5.41) is 3.17. The summed E-state index contributed by atoms with van der Waals surface area (Å²) in [5.41, 5.74) is 7.67. The van der Waals surface area contributed by atoms with Crippen molar-refractivity contribution in [2.24, 2.45) is 0 Å². The number of anilines is 2. The Morgan fingerprint density at radius 3 is 2.79 bits per heavy atom. The molecule has 0 aliphatic rings. The molecule has 0 atom stereocenters. The van der Waals surface area contributed by atoms with Crippen LogP contribution in [0.3, 0.4) is 0 Å². The second kappa shape index (κ2) is 5.48. The molecule has 3 N–H and O–H groups in total. The highest BCUT2D eigenvalue weighted by Gasteiger charge is 2.13. The first-order valence-corrected chi connectivity index (χ1v) is 5.95. The van der Waals surface area contributed by atoms with E-state index in [9.17, 15) is 4.79 Å². The van der Waals surface area contributed by atoms with Crippen molar-refractivity contribution in [2.75, 3.05) is 25.1 Å². The van der Waals surface area contributed by atoms with Crippen molar-refractivity contribution in [1.29, 1.82) is 0 Å². The van der Waals surface area contributed by atoms with Crippen molar-refractivity contribution in [2.45, 2.75) is 6.54 Å². The largest absolute Gasteiger partial charge is 0.467 e. The van der Waals surface area contributed by atoms with Gasteiger partial charge in [-0.15, -0.1) is 0 Å². The van der Waals surface area contributed by atoms with Gasteiger partial charge in [-0.2, -0.15) is 0 Å². The Morgan fingerprint density at radius 1 is 1.37 bits per heavy atom. The minimum absolute atomic E-state index is 0.0676. The van der Waals surface area contributed by atoms with Crippen LogP contribution in [0.4, 0.5) is 11.4 Å². The van der Waals surface area contributed by atoms with E-state index in [1.165, 1.54) is 4.90 Å². The Kier molecular flexibility index (Phi) is 3.75. The molecular weight excluding hydrogens is 242 g/mol. The van der Waals surface area contributed by atoms with E-state index in [-0.39, 0.29) is 5.91 Å². The standard InChI is InChI=1S/C14H17N3O2/c1-17(2)14(18)12-6-5-10(15)8-13(12)16-9-11-4-3-7-19-11/h3-8,16H,9,15H2,1-2H3. The summed E-state index contributed by atoms with van der Waals surface area (Å²) in [6.07, 6.45) is 1.61. The molecule has 0 aliphatic heterocycles. The summed E-state index contributed by atoms with van der Waals surface area (Å²) in [5.74, 6) is 0.729. The Hall–Kier alpha value is -2.43. The maximum Gasteiger partial charge on any atom is 0.255 e. The number of carbonyl (C=O) groups excluding carboxylic acids is 1. The van der Waals surface area contributed by atoms with Crippen LogP contribution in [-0.4, -0.2) is 24.9 Å². The molecule has 2 rings (SSSR count). The molecule has 5 nitrogen and oxygen atoms in total. The lowest BCUT2D eigenvalue weighted by Gasteiger charge is -2.15. The Labute approximate surface area is 112 Å². The number of benzene rings is 1. The molecule has 100 valence electrons. The Balaban J connectivity index is 2.22. The number of amides is 1. The summed E-state index contributed by atoms with van der Waals surface area (Å²) in [4.78, 5) is 13.6. The maximum atomic E-state index is 12.1. The van der Waals surface area contributed by atoms with E-state index in [4.69, 9.17) is 10.2 Å². The third-order valence-electron chi connectivity index (χ3n) is 2.71. The van der Waals surface area contributed by atoms with Crippen molar-refractivity contribution in [3.63, 3.8) is 0 Å². The van der Waals surface area contributed by atoms with Crippen LogP contribution in [0.5, 0.6) is 0 Å². The van der Waals surface area contributed by atoms with Gasteiger partial charge in [-0.1, -0.05) is 0 Å². The molecule has 0 unspecified atom stereocenters. The molecular formula is C14H17N3O2. The Bertz CT molecular complexity index is 562. The second-order valence-electron chi connectivity index (χ2n) is 4.44. The summed E-state index contributed by atoms with van der Waals surface area (Å²) in [6, 6.07) is 8.88. The fraction of sp³-hybridized carbons (Fsp3) is 0.214. The molecule has 0 saturated carbocycles. The molecule has 5 heteroatoms. The van der Waals surface area contributed by atoms with E-state index in [0.717, 1.165) is 5.76 Å². The number of nitrogens with two attached hydrogens (primary N) is 1. The molecule has 1 aromatic heterocycles. The van der Waals surface area contributed by atoms with Crippen LogP contribution >= 0.6 is 0 Å². The number of nitrogen functional groups attached to an aromatic ring is 1. The van der Waals surface area contributed by atoms with Crippen LogP contribution in [-0.2, 0) is 6.54 Å². The van der Waals surface area contributed by atoms with E-state index in [1.807, 2.05) is 12.1 Å². The number of hydrogen-bond donors (Lipinski definition) is 2. The second-order valence-corrected chi connectivity index (χ2v) is 4.44. The molecule has 0 aliphatic carbocycles. The van der Waals surface area contributed by atoms with Crippen LogP contribution in [0.1, 0.15) is 16.1 Å². The summed E-state index contributed by atoms with van der Waals surface area (Å²) in [7, 11) is 3.43. The highest BCUT2D eigenvalue weighted by molar-refractivity contribution is 5.99. The number of furan rings is 1. The van der Waals surface area contributed by atoms with Gasteiger partial charge in [-0.3, -0.25) is 4.79 Å². The summed E-state index contributed by atoms with van der Waals surface area (Å²) >= 11 is 0. The topological polar surface area (TPSA) is 71.5 Å². The Morgan fingerprint density at radius 2 is 2.16 bits per heavy atom. The van der Waals surface area contributed by atoms with Gasteiger partial charge in [0.1, 0.15) is 5.76 Å². The number of hydrogen-bond acceptors (Lipinski definition) is 4. The molecule has 1 amide bonds. The van der Waals surface area contributed by atoms with E-state index in [2.05, 4.69) is 5.32 Å². The first kappa shape index (κ1) is 13.0. The summed E-state index contributed by atoms with van der Waals surface area (Å²) < 4.78 is 5.24. The fourth-order valence-corrected chi connectivity index (χ4v) is 1.73. The fourth-order valence-electron chi connectivity index (χ4n) is 1.73. The molecule has 2 aromatic rings. The van der Waals surface area contributed by atoms with Gasteiger partial charge in [-0.05, 0) is 30.3 Å². The predicted octanol–water partition coefficient (Wildman–Crippen LogP) is 2.18. The van der Waals surface area contributed by atoms with Gasteiger partial charge in [0.2, 0.25) is 0 Å². The minimum atomic E-state index is -0.0676. The van der Waals surface area contributed by atoms with Gasteiger partial charge in [0.15, 0.2) is 0 Å². The molecule has 19 heavy (non-hydrogen) atoms. The smallest absolute Gasteiger partial charge is 0.255 e. The minimum Gasteiger partial charge on any atom is -0.467 e. The van der Waals surface area contributed by atoms with Crippen LogP contribution < -0.4 is 11.1 Å². The first-order chi connectivity index (χ1) is 9.08. The molecule has 0 radical (unpaired) electrons. The van der Waals surface area contributed by atoms with Crippen molar-refractivity contribution in [3.05, 3.63) is 47.9 Å². The molecule has 0 bridgehead atoms. The van der Waals surface area contributed by atoms with Gasteiger partial charge in [0, 0.05) is 25.5 Å². The van der Waals surface area contributed by atoms with Gasteiger partial charge >= 0.3 is 0 Å². The average molecular weight is 259 g/mol. The number of nitrogens with zero attached hydrogens (tertiary/aromatic N) is 1. The highest BCUT2D eigenvalue weighted by atomic mass is 16.3. The maximum absolute atomic E-state index is 12.1. The van der Waals surface area contributed by atoms with Crippen LogP contribution in [0.25, 0.3) is 0 Å². The van der Waals surface area contributed by atoms with Crippen molar-refractivity contribution in [1.82, 2.24) is 4.90 Å². The van der Waals surface area contributed by atoms with E-state index in [0.29, 0.717) is 23.5 Å². The SMILES string of the molecule is CN(C)C(=O)c1ccc(N)cc1NCc1ccco1. The molecule has 0 spiro atoms. The predicted molar refractivity (Wildman–Crippen MR) is 74.9 cm³/mol. The van der Waals surface area contributed by atoms with E-state index >= 15 is 0 Å². The number of nitrogens with one attached hydrogen (secondary N) is 1. The summed E-state index contributed by atoms with van der Waals surface area (Å²) in [6.45, 7) is 0.504. The van der Waals surface area contributed by atoms with Gasteiger partial charge in [-0.25, -0.2) is 0 Å². The normalized spacial score (nSPS) is 10.2. The highest BCUT2D eigenvalue weighted by Crippen LogP contribution is 2.21. The molecule has 0 saturated heterocycles. The van der Waals surface area contributed by atoms with Crippen molar-refractivity contribution in [3.8, 4) is 0 Å². The van der Waals surface area contributed by atoms with Gasteiger partial charge in [0.25, 0.3) is 5.91 Å². The van der Waals surface area contributed by atoms with E-state index in [1.54, 1.807) is 38.6 Å². The van der Waals surface area contributed by atoms with Gasteiger partial charge < -0.3 is 20.4 Å². The zero-order valence-electron chi connectivity index (χ0n) is 11.0. The van der Waals surface area contributed by atoms with Crippen LogP contribution in [0.15, 0.2) is 41.0 Å². The van der Waals surface area contributed by atoms with E-state index < -0.39 is 0 Å². The van der Waals surface area contributed by atoms with Crippen LogP contribution in [0.2, 0.25) is 0 Å². The molecule has 0 fully saturated rings. The first-order valence-electron chi connectivity index (χ1n) is 5.95. The van der Waals surface area contributed by atoms with Crippen LogP contribution in [0, 0.1) is 0 Å². The lowest BCUT2D eigenvalue weighted by molar-refractivity contribution is 0.0828. The zero-order valence-corrected chi connectivity index (χ0v) is 11.0. The zero-order chi connectivity index (χ0) is 13.8. The average Bonchev–Trinajstić information content (AvgIpc) is 2.88. The third kappa shape index (κ3) is 3.07. The molecule has 1 heterocycles. The van der Waals surface area contributed by atoms with Crippen molar-refractivity contribution >= 4 is 17.3 Å².